The van der Waals surface area contributed by atoms with Gasteiger partial charge in [0.05, 0.1) is 16.9 Å². The van der Waals surface area contributed by atoms with Crippen molar-refractivity contribution in [1.82, 2.24) is 15.0 Å². The summed E-state index contributed by atoms with van der Waals surface area (Å²) < 4.78 is 9.34. The van der Waals surface area contributed by atoms with Gasteiger partial charge in [-0.15, -0.1) is 11.3 Å². The standard InChI is InChI=1S/C49H29N3OS/c1-2-10-31(11-3-1)42-29-43(52-49(51-42)32-21-19-30(20-22-32)34-14-8-16-41-36(34)15-9-27-50-41)39-26-25-35(47-40-13-4-6-17-44(40)53-48(39)47)33-23-24-38-37-12-5-7-18-45(37)54-46(38)28-33/h1-29H. The minimum Gasteiger partial charge on any atom is -0.455 e. The van der Waals surface area contributed by atoms with Crippen LogP contribution in [0.2, 0.25) is 0 Å². The molecule has 252 valence electrons. The maximum absolute atomic E-state index is 6.76. The Kier molecular flexibility index (Phi) is 7.00. The fourth-order valence-corrected chi connectivity index (χ4v) is 8.93. The third-order valence-electron chi connectivity index (χ3n) is 10.4. The summed E-state index contributed by atoms with van der Waals surface area (Å²) in [5, 5.41) is 5.87. The summed E-state index contributed by atoms with van der Waals surface area (Å²) in [6, 6.07) is 59.4. The normalized spacial score (nSPS) is 11.7. The molecule has 11 rings (SSSR count). The van der Waals surface area contributed by atoms with E-state index in [-0.39, 0.29) is 0 Å². The minimum absolute atomic E-state index is 0.654. The smallest absolute Gasteiger partial charge is 0.160 e. The highest BCUT2D eigenvalue weighted by Crippen LogP contribution is 2.44. The number of rotatable bonds is 5. The number of para-hydroxylation sites is 1. The van der Waals surface area contributed by atoms with Gasteiger partial charge in [0, 0.05) is 59.2 Å². The van der Waals surface area contributed by atoms with Crippen molar-refractivity contribution in [2.24, 2.45) is 0 Å². The Hall–Kier alpha value is -6.95. The van der Waals surface area contributed by atoms with Gasteiger partial charge in [0.25, 0.3) is 0 Å². The van der Waals surface area contributed by atoms with Crippen LogP contribution < -0.4 is 0 Å². The highest BCUT2D eigenvalue weighted by atomic mass is 32.1. The summed E-state index contributed by atoms with van der Waals surface area (Å²) in [5.41, 5.74) is 11.7. The zero-order valence-corrected chi connectivity index (χ0v) is 29.7. The lowest BCUT2D eigenvalue weighted by Gasteiger charge is -2.12. The molecule has 0 radical (unpaired) electrons. The van der Waals surface area contributed by atoms with Crippen molar-refractivity contribution < 1.29 is 4.42 Å². The van der Waals surface area contributed by atoms with Crippen LogP contribution in [0, 0.1) is 0 Å². The summed E-state index contributed by atoms with van der Waals surface area (Å²) in [4.78, 5) is 15.0. The van der Waals surface area contributed by atoms with Crippen LogP contribution in [-0.2, 0) is 0 Å². The highest BCUT2D eigenvalue weighted by Gasteiger charge is 2.20. The second-order valence-electron chi connectivity index (χ2n) is 13.6. The van der Waals surface area contributed by atoms with Gasteiger partial charge in [0.2, 0.25) is 0 Å². The average molecular weight is 708 g/mol. The van der Waals surface area contributed by atoms with E-state index in [2.05, 4.69) is 132 Å². The molecule has 0 atom stereocenters. The van der Waals surface area contributed by atoms with Crippen LogP contribution in [0.1, 0.15) is 0 Å². The number of benzene rings is 7. The first-order valence-electron chi connectivity index (χ1n) is 18.0. The van der Waals surface area contributed by atoms with Gasteiger partial charge in [-0.1, -0.05) is 127 Å². The van der Waals surface area contributed by atoms with Crippen molar-refractivity contribution in [3.8, 4) is 56.2 Å². The SMILES string of the molecule is c1ccc(-c2cc(-c3ccc(-c4ccc5c(c4)sc4ccccc45)c4c3oc3ccccc34)nc(-c3ccc(-c4cccc5ncccc45)cc3)n2)cc1. The topological polar surface area (TPSA) is 51.8 Å². The number of fused-ring (bicyclic) bond motifs is 7. The molecular weight excluding hydrogens is 679 g/mol. The number of nitrogens with zero attached hydrogens (tertiary/aromatic N) is 3. The van der Waals surface area contributed by atoms with E-state index in [1.165, 1.54) is 20.2 Å². The maximum atomic E-state index is 6.76. The molecule has 0 aliphatic rings. The summed E-state index contributed by atoms with van der Waals surface area (Å²) in [6.45, 7) is 0. The van der Waals surface area contributed by atoms with E-state index in [0.29, 0.717) is 5.82 Å². The molecular formula is C49H29N3OS. The summed E-state index contributed by atoms with van der Waals surface area (Å²) >= 11 is 1.84. The Labute approximate surface area is 314 Å². The Morgan fingerprint density at radius 3 is 2.06 bits per heavy atom. The van der Waals surface area contributed by atoms with Gasteiger partial charge in [-0.05, 0) is 64.7 Å². The van der Waals surface area contributed by atoms with Gasteiger partial charge in [-0.2, -0.15) is 0 Å². The van der Waals surface area contributed by atoms with Crippen LogP contribution in [0.15, 0.2) is 180 Å². The largest absolute Gasteiger partial charge is 0.455 e. The van der Waals surface area contributed by atoms with E-state index in [0.717, 1.165) is 83.2 Å². The molecule has 0 fully saturated rings. The molecule has 0 saturated carbocycles. The van der Waals surface area contributed by atoms with E-state index in [4.69, 9.17) is 14.4 Å². The second kappa shape index (κ2) is 12.3. The lowest BCUT2D eigenvalue weighted by Crippen LogP contribution is -1.96. The number of hydrogen-bond donors (Lipinski definition) is 0. The zero-order valence-electron chi connectivity index (χ0n) is 28.9. The molecule has 11 aromatic rings. The van der Waals surface area contributed by atoms with Crippen LogP contribution >= 0.6 is 11.3 Å². The Morgan fingerprint density at radius 1 is 0.426 bits per heavy atom. The average Bonchev–Trinajstić information content (AvgIpc) is 3.82. The predicted octanol–water partition coefficient (Wildman–Crippen LogP) is 13.6. The van der Waals surface area contributed by atoms with Crippen molar-refractivity contribution in [2.45, 2.75) is 0 Å². The van der Waals surface area contributed by atoms with Crippen molar-refractivity contribution >= 4 is 64.4 Å². The van der Waals surface area contributed by atoms with Gasteiger partial charge in [-0.3, -0.25) is 4.98 Å². The fourth-order valence-electron chi connectivity index (χ4n) is 7.79. The molecule has 0 N–H and O–H groups in total. The fraction of sp³-hybridized carbons (Fsp3) is 0. The molecule has 0 aliphatic carbocycles. The molecule has 0 spiro atoms. The lowest BCUT2D eigenvalue weighted by molar-refractivity contribution is 0.670. The maximum Gasteiger partial charge on any atom is 0.160 e. The number of pyridine rings is 1. The van der Waals surface area contributed by atoms with Gasteiger partial charge in [-0.25, -0.2) is 9.97 Å². The minimum atomic E-state index is 0.654. The molecule has 0 bridgehead atoms. The monoisotopic (exact) mass is 707 g/mol. The molecule has 4 nitrogen and oxygen atoms in total. The molecule has 0 amide bonds. The summed E-state index contributed by atoms with van der Waals surface area (Å²) in [5.74, 6) is 0.654. The molecule has 0 unspecified atom stereocenters. The molecule has 0 aliphatic heterocycles. The van der Waals surface area contributed by atoms with Crippen LogP contribution in [0.3, 0.4) is 0 Å². The van der Waals surface area contributed by atoms with Crippen molar-refractivity contribution in [3.63, 3.8) is 0 Å². The first-order chi connectivity index (χ1) is 26.7. The molecule has 4 heterocycles. The quantitative estimate of drug-likeness (QED) is 0.179. The zero-order chi connectivity index (χ0) is 35.6. The van der Waals surface area contributed by atoms with E-state index in [9.17, 15) is 0 Å². The molecule has 4 aromatic heterocycles. The van der Waals surface area contributed by atoms with E-state index < -0.39 is 0 Å². The van der Waals surface area contributed by atoms with E-state index >= 15 is 0 Å². The van der Waals surface area contributed by atoms with Gasteiger partial charge in [0.15, 0.2) is 5.82 Å². The molecule has 5 heteroatoms. The third kappa shape index (κ3) is 5.01. The number of furan rings is 1. The van der Waals surface area contributed by atoms with E-state index in [1.807, 2.05) is 60.0 Å². The molecule has 7 aromatic carbocycles. The first kappa shape index (κ1) is 30.7. The first-order valence-corrected chi connectivity index (χ1v) is 18.8. The van der Waals surface area contributed by atoms with Crippen molar-refractivity contribution in [3.05, 3.63) is 176 Å². The predicted molar refractivity (Wildman–Crippen MR) is 225 cm³/mol. The Balaban J connectivity index is 1.09. The van der Waals surface area contributed by atoms with Crippen molar-refractivity contribution in [2.75, 3.05) is 0 Å². The van der Waals surface area contributed by atoms with Crippen LogP contribution in [-0.4, -0.2) is 15.0 Å². The van der Waals surface area contributed by atoms with Gasteiger partial charge >= 0.3 is 0 Å². The van der Waals surface area contributed by atoms with Gasteiger partial charge in [0.1, 0.15) is 11.2 Å². The third-order valence-corrected chi connectivity index (χ3v) is 11.5. The van der Waals surface area contributed by atoms with Gasteiger partial charge < -0.3 is 4.42 Å². The van der Waals surface area contributed by atoms with Crippen LogP contribution in [0.4, 0.5) is 0 Å². The molecule has 0 saturated heterocycles. The number of thiophene rings is 1. The number of hydrogen-bond acceptors (Lipinski definition) is 5. The van der Waals surface area contributed by atoms with Crippen LogP contribution in [0.5, 0.6) is 0 Å². The highest BCUT2D eigenvalue weighted by molar-refractivity contribution is 7.25. The van der Waals surface area contributed by atoms with E-state index in [1.54, 1.807) is 0 Å². The summed E-state index contributed by atoms with van der Waals surface area (Å²) in [7, 11) is 0. The Morgan fingerprint density at radius 2 is 1.15 bits per heavy atom. The summed E-state index contributed by atoms with van der Waals surface area (Å²) in [6.07, 6.45) is 1.84. The lowest BCUT2D eigenvalue weighted by atomic mass is 9.95. The second-order valence-corrected chi connectivity index (χ2v) is 14.6. The van der Waals surface area contributed by atoms with Crippen LogP contribution in [0.25, 0.3) is 109 Å². The Bertz CT molecular complexity index is 3210. The van der Waals surface area contributed by atoms with Crippen molar-refractivity contribution in [1.29, 1.82) is 0 Å². The number of aromatic nitrogens is 3. The molecule has 54 heavy (non-hydrogen) atoms.